The fourth-order valence-corrected chi connectivity index (χ4v) is 2.08. The zero-order chi connectivity index (χ0) is 11.3. The molecular weight excluding hydrogens is 228 g/mol. The summed E-state index contributed by atoms with van der Waals surface area (Å²) in [6, 6.07) is 0. The zero-order valence-corrected chi connectivity index (χ0v) is 10.9. The van der Waals surface area contributed by atoms with Crippen molar-refractivity contribution in [2.24, 2.45) is 17.6 Å². The summed E-state index contributed by atoms with van der Waals surface area (Å²) in [5.41, 5.74) is 5.30. The molecule has 0 saturated carbocycles. The van der Waals surface area contributed by atoms with Crippen LogP contribution in [0.2, 0.25) is 0 Å². The Hall–Kier alpha value is -0.320. The molecule has 0 radical (unpaired) electrons. The summed E-state index contributed by atoms with van der Waals surface area (Å²) >= 11 is 0. The molecule has 0 spiro atoms. The van der Waals surface area contributed by atoms with E-state index in [9.17, 15) is 4.79 Å². The SMILES string of the molecule is CC(C)C1OCCC1CNC(=O)CCN.Cl. The van der Waals surface area contributed by atoms with Gasteiger partial charge in [-0.15, -0.1) is 12.4 Å². The van der Waals surface area contributed by atoms with Crippen molar-refractivity contribution in [1.82, 2.24) is 5.32 Å². The van der Waals surface area contributed by atoms with Gasteiger partial charge >= 0.3 is 0 Å². The average molecular weight is 251 g/mol. The molecule has 1 amide bonds. The van der Waals surface area contributed by atoms with Gasteiger partial charge in [0.15, 0.2) is 0 Å². The van der Waals surface area contributed by atoms with E-state index in [2.05, 4.69) is 19.2 Å². The number of carbonyl (C=O) groups excluding carboxylic acids is 1. The average Bonchev–Trinajstić information content (AvgIpc) is 2.63. The van der Waals surface area contributed by atoms with Crippen LogP contribution < -0.4 is 11.1 Å². The molecule has 1 heterocycles. The number of hydrogen-bond acceptors (Lipinski definition) is 3. The minimum atomic E-state index is 0. The molecule has 5 heteroatoms. The number of nitrogens with one attached hydrogen (secondary N) is 1. The molecule has 1 aliphatic heterocycles. The number of hydrogen-bond donors (Lipinski definition) is 2. The number of rotatable bonds is 5. The molecule has 0 aromatic rings. The predicted molar refractivity (Wildman–Crippen MR) is 66.6 cm³/mol. The number of halogens is 1. The van der Waals surface area contributed by atoms with Gasteiger partial charge in [-0.05, 0) is 12.3 Å². The highest BCUT2D eigenvalue weighted by Gasteiger charge is 2.30. The molecular formula is C11H23ClN2O2. The monoisotopic (exact) mass is 250 g/mol. The Morgan fingerprint density at radius 1 is 1.56 bits per heavy atom. The highest BCUT2D eigenvalue weighted by molar-refractivity contribution is 5.85. The topological polar surface area (TPSA) is 64.3 Å². The van der Waals surface area contributed by atoms with Gasteiger partial charge in [0.05, 0.1) is 6.10 Å². The van der Waals surface area contributed by atoms with Gasteiger partial charge in [0.1, 0.15) is 0 Å². The van der Waals surface area contributed by atoms with Gasteiger partial charge in [0, 0.05) is 32.0 Å². The Labute approximate surface area is 104 Å². The molecule has 0 bridgehead atoms. The van der Waals surface area contributed by atoms with Gasteiger partial charge in [-0.2, -0.15) is 0 Å². The molecule has 4 nitrogen and oxygen atoms in total. The van der Waals surface area contributed by atoms with Crippen LogP contribution in [-0.2, 0) is 9.53 Å². The fourth-order valence-electron chi connectivity index (χ4n) is 2.08. The first-order chi connectivity index (χ1) is 7.15. The molecule has 2 unspecified atom stereocenters. The van der Waals surface area contributed by atoms with Crippen LogP contribution in [0.3, 0.4) is 0 Å². The van der Waals surface area contributed by atoms with Crippen LogP contribution in [0.4, 0.5) is 0 Å². The van der Waals surface area contributed by atoms with Crippen molar-refractivity contribution in [3.05, 3.63) is 0 Å². The van der Waals surface area contributed by atoms with Gasteiger partial charge in [0.25, 0.3) is 0 Å². The third kappa shape index (κ3) is 4.68. The Morgan fingerprint density at radius 3 is 2.81 bits per heavy atom. The minimum Gasteiger partial charge on any atom is -0.378 e. The normalized spacial score (nSPS) is 24.2. The fraction of sp³-hybridized carbons (Fsp3) is 0.909. The number of amides is 1. The van der Waals surface area contributed by atoms with Crippen LogP contribution in [-0.4, -0.2) is 31.7 Å². The van der Waals surface area contributed by atoms with Gasteiger partial charge in [-0.1, -0.05) is 13.8 Å². The first kappa shape index (κ1) is 15.7. The van der Waals surface area contributed by atoms with Crippen LogP contribution in [0.5, 0.6) is 0 Å². The van der Waals surface area contributed by atoms with Crippen molar-refractivity contribution in [2.75, 3.05) is 19.7 Å². The lowest BCUT2D eigenvalue weighted by Crippen LogP contribution is -2.35. The molecule has 0 aliphatic carbocycles. The van der Waals surface area contributed by atoms with Gasteiger partial charge < -0.3 is 15.8 Å². The highest BCUT2D eigenvalue weighted by atomic mass is 35.5. The van der Waals surface area contributed by atoms with E-state index in [0.717, 1.165) is 19.6 Å². The predicted octanol–water partition coefficient (Wildman–Crippen LogP) is 0.934. The summed E-state index contributed by atoms with van der Waals surface area (Å²) in [5, 5.41) is 2.91. The summed E-state index contributed by atoms with van der Waals surface area (Å²) in [6.45, 7) is 6.28. The third-order valence-corrected chi connectivity index (χ3v) is 2.85. The zero-order valence-electron chi connectivity index (χ0n) is 10.1. The second-order valence-electron chi connectivity index (χ2n) is 4.47. The standard InChI is InChI=1S/C11H22N2O2.ClH/c1-8(2)11-9(4-6-15-11)7-13-10(14)3-5-12;/h8-9,11H,3-7,12H2,1-2H3,(H,13,14);1H. The molecule has 16 heavy (non-hydrogen) atoms. The van der Waals surface area contributed by atoms with Crippen LogP contribution in [0.25, 0.3) is 0 Å². The van der Waals surface area contributed by atoms with E-state index in [1.54, 1.807) is 0 Å². The van der Waals surface area contributed by atoms with E-state index in [1.807, 2.05) is 0 Å². The van der Waals surface area contributed by atoms with Crippen LogP contribution in [0, 0.1) is 11.8 Å². The van der Waals surface area contributed by atoms with E-state index in [-0.39, 0.29) is 18.3 Å². The second kappa shape index (κ2) is 7.87. The quantitative estimate of drug-likeness (QED) is 0.763. The molecule has 0 aromatic carbocycles. The van der Waals surface area contributed by atoms with Gasteiger partial charge in [-0.25, -0.2) is 0 Å². The van der Waals surface area contributed by atoms with Crippen molar-refractivity contribution < 1.29 is 9.53 Å². The Balaban J connectivity index is 0.00000225. The van der Waals surface area contributed by atoms with E-state index >= 15 is 0 Å². The molecule has 2 atom stereocenters. The number of ether oxygens (including phenoxy) is 1. The maximum Gasteiger partial charge on any atom is 0.221 e. The summed E-state index contributed by atoms with van der Waals surface area (Å²) in [6.07, 6.45) is 1.76. The van der Waals surface area contributed by atoms with Gasteiger partial charge in [0.2, 0.25) is 5.91 Å². The molecule has 1 saturated heterocycles. The van der Waals surface area contributed by atoms with Crippen LogP contribution >= 0.6 is 12.4 Å². The molecule has 96 valence electrons. The van der Waals surface area contributed by atoms with Crippen molar-refractivity contribution >= 4 is 18.3 Å². The summed E-state index contributed by atoms with van der Waals surface area (Å²) < 4.78 is 5.64. The van der Waals surface area contributed by atoms with Crippen LogP contribution in [0.15, 0.2) is 0 Å². The molecule has 1 rings (SSSR count). The lowest BCUT2D eigenvalue weighted by atomic mass is 9.93. The Morgan fingerprint density at radius 2 is 2.25 bits per heavy atom. The summed E-state index contributed by atoms with van der Waals surface area (Å²) in [7, 11) is 0. The minimum absolute atomic E-state index is 0. The first-order valence-electron chi connectivity index (χ1n) is 5.73. The van der Waals surface area contributed by atoms with Crippen molar-refractivity contribution in [1.29, 1.82) is 0 Å². The van der Waals surface area contributed by atoms with Crippen molar-refractivity contribution in [3.8, 4) is 0 Å². The van der Waals surface area contributed by atoms with Crippen molar-refractivity contribution in [3.63, 3.8) is 0 Å². The summed E-state index contributed by atoms with van der Waals surface area (Å²) in [5.74, 6) is 1.03. The molecule has 1 aliphatic rings. The molecule has 3 N–H and O–H groups in total. The smallest absolute Gasteiger partial charge is 0.221 e. The summed E-state index contributed by atoms with van der Waals surface area (Å²) in [4.78, 5) is 11.2. The number of carbonyl (C=O) groups is 1. The van der Waals surface area contributed by atoms with Crippen LogP contribution in [0.1, 0.15) is 26.7 Å². The molecule has 0 aromatic heterocycles. The lowest BCUT2D eigenvalue weighted by Gasteiger charge is -2.22. The first-order valence-corrected chi connectivity index (χ1v) is 5.73. The van der Waals surface area contributed by atoms with Gasteiger partial charge in [-0.3, -0.25) is 4.79 Å². The van der Waals surface area contributed by atoms with E-state index in [4.69, 9.17) is 10.5 Å². The largest absolute Gasteiger partial charge is 0.378 e. The maximum atomic E-state index is 11.2. The number of nitrogens with two attached hydrogens (primary N) is 1. The Kier molecular flexibility index (Phi) is 7.72. The Bertz CT molecular complexity index is 212. The highest BCUT2D eigenvalue weighted by Crippen LogP contribution is 2.25. The van der Waals surface area contributed by atoms with Crippen molar-refractivity contribution in [2.45, 2.75) is 32.8 Å². The van der Waals surface area contributed by atoms with E-state index in [1.165, 1.54) is 0 Å². The lowest BCUT2D eigenvalue weighted by molar-refractivity contribution is -0.121. The molecule has 1 fully saturated rings. The third-order valence-electron chi connectivity index (χ3n) is 2.85. The second-order valence-corrected chi connectivity index (χ2v) is 4.47. The van der Waals surface area contributed by atoms with E-state index < -0.39 is 0 Å². The van der Waals surface area contributed by atoms with E-state index in [0.29, 0.717) is 30.9 Å². The maximum absolute atomic E-state index is 11.2.